The summed E-state index contributed by atoms with van der Waals surface area (Å²) in [5.74, 6) is -0.0793. The lowest BCUT2D eigenvalue weighted by Crippen LogP contribution is -2.45. The van der Waals surface area contributed by atoms with Gasteiger partial charge in [0, 0.05) is 44.1 Å². The summed E-state index contributed by atoms with van der Waals surface area (Å²) in [5, 5.41) is 4.58. The van der Waals surface area contributed by atoms with Crippen molar-refractivity contribution in [3.63, 3.8) is 0 Å². The molecular weight excluding hydrogens is 488 g/mol. The quantitative estimate of drug-likeness (QED) is 0.355. The molecule has 0 spiro atoms. The van der Waals surface area contributed by atoms with E-state index in [1.54, 1.807) is 50.0 Å². The SMILES string of the molecule is CO[C@@H]1[C@H](N)C[C@H](c2ccncc2Cc2ncc3ccc(-c4c(F)cc(OC(C)C)cc4F)nn23)C[C@@H]1C. The molecule has 0 saturated heterocycles. The zero-order chi connectivity index (χ0) is 27.0. The topological polar surface area (TPSA) is 87.6 Å². The molecule has 3 aromatic heterocycles. The summed E-state index contributed by atoms with van der Waals surface area (Å²) in [6.45, 7) is 5.77. The maximum Gasteiger partial charge on any atom is 0.139 e. The van der Waals surface area contributed by atoms with Crippen LogP contribution < -0.4 is 10.5 Å². The molecule has 0 unspecified atom stereocenters. The van der Waals surface area contributed by atoms with E-state index in [1.807, 2.05) is 12.3 Å². The Labute approximate surface area is 221 Å². The number of fused-ring (bicyclic) bond motifs is 1. The number of pyridine rings is 1. The Morgan fingerprint density at radius 3 is 2.55 bits per heavy atom. The Hall–Kier alpha value is -3.43. The number of methoxy groups -OCH3 is 1. The molecule has 1 aliphatic carbocycles. The van der Waals surface area contributed by atoms with Crippen molar-refractivity contribution in [3.8, 4) is 17.0 Å². The molecule has 0 bridgehead atoms. The first-order valence-corrected chi connectivity index (χ1v) is 13.0. The molecule has 1 aromatic carbocycles. The van der Waals surface area contributed by atoms with E-state index in [4.69, 9.17) is 15.2 Å². The lowest BCUT2D eigenvalue weighted by molar-refractivity contribution is 0.00970. The minimum Gasteiger partial charge on any atom is -0.491 e. The van der Waals surface area contributed by atoms with Gasteiger partial charge in [0.2, 0.25) is 0 Å². The average molecular weight is 522 g/mol. The number of ether oxygens (including phenoxy) is 2. The summed E-state index contributed by atoms with van der Waals surface area (Å²) in [5.41, 5.74) is 9.37. The molecule has 5 rings (SSSR count). The van der Waals surface area contributed by atoms with Crippen LogP contribution in [-0.4, -0.2) is 44.9 Å². The third kappa shape index (κ3) is 5.13. The van der Waals surface area contributed by atoms with Crippen LogP contribution in [0.1, 0.15) is 56.5 Å². The maximum absolute atomic E-state index is 15.0. The van der Waals surface area contributed by atoms with Gasteiger partial charge in [0.15, 0.2) is 0 Å². The third-order valence-corrected chi connectivity index (χ3v) is 7.30. The van der Waals surface area contributed by atoms with Gasteiger partial charge in [-0.1, -0.05) is 6.92 Å². The second-order valence-electron chi connectivity index (χ2n) is 10.4. The van der Waals surface area contributed by atoms with Crippen LogP contribution in [-0.2, 0) is 11.2 Å². The van der Waals surface area contributed by atoms with Crippen LogP contribution in [0.15, 0.2) is 48.9 Å². The number of nitrogens with zero attached hydrogens (tertiary/aromatic N) is 4. The Morgan fingerprint density at radius 1 is 1.11 bits per heavy atom. The van der Waals surface area contributed by atoms with E-state index in [9.17, 15) is 8.78 Å². The van der Waals surface area contributed by atoms with Gasteiger partial charge in [-0.3, -0.25) is 4.98 Å². The number of aromatic nitrogens is 4. The molecule has 1 saturated carbocycles. The fourth-order valence-corrected chi connectivity index (χ4v) is 5.70. The molecule has 0 radical (unpaired) electrons. The summed E-state index contributed by atoms with van der Waals surface area (Å²) < 4.78 is 42.7. The van der Waals surface area contributed by atoms with E-state index >= 15 is 0 Å². The third-order valence-electron chi connectivity index (χ3n) is 7.30. The predicted octanol–water partition coefficient (Wildman–Crippen LogP) is 5.30. The lowest BCUT2D eigenvalue weighted by atomic mass is 9.74. The minimum atomic E-state index is -0.735. The summed E-state index contributed by atoms with van der Waals surface area (Å²) in [6, 6.07) is 7.72. The van der Waals surface area contributed by atoms with Crippen molar-refractivity contribution in [2.24, 2.45) is 11.7 Å². The van der Waals surface area contributed by atoms with Crippen LogP contribution in [0.3, 0.4) is 0 Å². The molecular formula is C29H33F2N5O2. The first kappa shape index (κ1) is 26.2. The van der Waals surface area contributed by atoms with E-state index in [0.717, 1.165) is 23.9 Å². The Bertz CT molecular complexity index is 1400. The van der Waals surface area contributed by atoms with Gasteiger partial charge in [-0.25, -0.2) is 18.3 Å². The van der Waals surface area contributed by atoms with Gasteiger partial charge in [-0.2, -0.15) is 5.10 Å². The molecule has 4 atom stereocenters. The largest absolute Gasteiger partial charge is 0.491 e. The van der Waals surface area contributed by atoms with Crippen LogP contribution in [0.5, 0.6) is 5.75 Å². The minimum absolute atomic E-state index is 0.0437. The van der Waals surface area contributed by atoms with Gasteiger partial charge in [0.25, 0.3) is 0 Å². The average Bonchev–Trinajstić information content (AvgIpc) is 3.25. The van der Waals surface area contributed by atoms with Gasteiger partial charge in [-0.05, 0) is 67.9 Å². The second-order valence-corrected chi connectivity index (χ2v) is 10.4. The Balaban J connectivity index is 1.47. The van der Waals surface area contributed by atoms with Crippen LogP contribution in [0.2, 0.25) is 0 Å². The standard InChI is InChI=1S/C29H33F2N5O2/c1-16(2)38-21-12-23(30)28(24(31)13-21)26-6-5-20-15-34-27(36(20)35-26)11-19-14-33-8-7-22(19)18-9-17(3)29(37-4)25(32)10-18/h5-8,12-18,25,29H,9-11,32H2,1-4H3/t17-,18+,25+,29-/m0/s1. The smallest absolute Gasteiger partial charge is 0.139 e. The molecule has 0 amide bonds. The van der Waals surface area contributed by atoms with Crippen molar-refractivity contribution < 1.29 is 18.3 Å². The lowest BCUT2D eigenvalue weighted by Gasteiger charge is -2.38. The fourth-order valence-electron chi connectivity index (χ4n) is 5.70. The van der Waals surface area contributed by atoms with E-state index < -0.39 is 11.6 Å². The molecule has 1 aliphatic rings. The number of halogens is 2. The molecule has 38 heavy (non-hydrogen) atoms. The molecule has 9 heteroatoms. The molecule has 2 N–H and O–H groups in total. The van der Waals surface area contributed by atoms with E-state index in [2.05, 4.69) is 22.0 Å². The molecule has 3 heterocycles. The second kappa shape index (κ2) is 10.7. The van der Waals surface area contributed by atoms with Crippen molar-refractivity contribution in [2.45, 2.75) is 64.2 Å². The van der Waals surface area contributed by atoms with Gasteiger partial charge < -0.3 is 15.2 Å². The van der Waals surface area contributed by atoms with Gasteiger partial charge >= 0.3 is 0 Å². The monoisotopic (exact) mass is 521 g/mol. The number of rotatable bonds is 7. The first-order chi connectivity index (χ1) is 18.2. The van der Waals surface area contributed by atoms with Crippen molar-refractivity contribution in [1.29, 1.82) is 0 Å². The van der Waals surface area contributed by atoms with E-state index in [-0.39, 0.29) is 41.2 Å². The first-order valence-electron chi connectivity index (χ1n) is 13.0. The summed E-state index contributed by atoms with van der Waals surface area (Å²) >= 11 is 0. The van der Waals surface area contributed by atoms with Crippen LogP contribution >= 0.6 is 0 Å². The number of nitrogens with two attached hydrogens (primary N) is 1. The highest BCUT2D eigenvalue weighted by Crippen LogP contribution is 2.38. The molecule has 0 aliphatic heterocycles. The fraction of sp³-hybridized carbons (Fsp3) is 0.414. The van der Waals surface area contributed by atoms with Crippen molar-refractivity contribution in [3.05, 3.63) is 77.5 Å². The van der Waals surface area contributed by atoms with Crippen molar-refractivity contribution in [2.75, 3.05) is 7.11 Å². The Morgan fingerprint density at radius 2 is 1.87 bits per heavy atom. The molecule has 200 valence electrons. The highest BCUT2D eigenvalue weighted by molar-refractivity contribution is 5.64. The number of imidazole rings is 1. The van der Waals surface area contributed by atoms with Crippen LogP contribution in [0, 0.1) is 17.6 Å². The van der Waals surface area contributed by atoms with E-state index in [1.165, 1.54) is 17.7 Å². The maximum atomic E-state index is 15.0. The summed E-state index contributed by atoms with van der Waals surface area (Å²) in [7, 11) is 1.72. The normalized spacial score (nSPS) is 21.8. The van der Waals surface area contributed by atoms with Gasteiger partial charge in [-0.15, -0.1) is 0 Å². The number of hydrogen-bond donors (Lipinski definition) is 1. The van der Waals surface area contributed by atoms with E-state index in [0.29, 0.717) is 18.2 Å². The molecule has 4 aromatic rings. The Kier molecular flexibility index (Phi) is 7.40. The zero-order valence-corrected chi connectivity index (χ0v) is 22.1. The van der Waals surface area contributed by atoms with Crippen molar-refractivity contribution >= 4 is 5.52 Å². The molecule has 1 fully saturated rings. The van der Waals surface area contributed by atoms with Crippen LogP contribution in [0.4, 0.5) is 8.78 Å². The zero-order valence-electron chi connectivity index (χ0n) is 22.1. The van der Waals surface area contributed by atoms with Gasteiger partial charge in [0.05, 0.1) is 35.2 Å². The highest BCUT2D eigenvalue weighted by atomic mass is 19.1. The van der Waals surface area contributed by atoms with Crippen LogP contribution in [0.25, 0.3) is 16.8 Å². The van der Waals surface area contributed by atoms with Gasteiger partial charge in [0.1, 0.15) is 23.2 Å². The number of hydrogen-bond acceptors (Lipinski definition) is 6. The molecule has 7 nitrogen and oxygen atoms in total. The summed E-state index contributed by atoms with van der Waals surface area (Å²) in [6.07, 6.45) is 7.45. The predicted molar refractivity (Wildman–Crippen MR) is 141 cm³/mol. The summed E-state index contributed by atoms with van der Waals surface area (Å²) in [4.78, 5) is 8.94. The number of benzene rings is 1. The highest BCUT2D eigenvalue weighted by Gasteiger charge is 2.35. The van der Waals surface area contributed by atoms with Crippen molar-refractivity contribution in [1.82, 2.24) is 19.6 Å².